The highest BCUT2D eigenvalue weighted by Crippen LogP contribution is 2.26. The van der Waals surface area contributed by atoms with Gasteiger partial charge in [-0.15, -0.1) is 0 Å². The molecule has 1 atom stereocenters. The van der Waals surface area contributed by atoms with Crippen molar-refractivity contribution in [2.45, 2.75) is 44.7 Å². The van der Waals surface area contributed by atoms with E-state index in [1.807, 2.05) is 11.0 Å². The Morgan fingerprint density at radius 1 is 1.25 bits per heavy atom. The van der Waals surface area contributed by atoms with Gasteiger partial charge in [0, 0.05) is 30.9 Å². The van der Waals surface area contributed by atoms with Crippen molar-refractivity contribution in [3.05, 3.63) is 33.7 Å². The summed E-state index contributed by atoms with van der Waals surface area (Å²) in [6.45, 7) is 1.80. The molecular formula is C15H21N3O2. The van der Waals surface area contributed by atoms with Crippen LogP contribution in [0.15, 0.2) is 16.9 Å². The lowest BCUT2D eigenvalue weighted by molar-refractivity contribution is -0.130. The quantitative estimate of drug-likeness (QED) is 0.868. The van der Waals surface area contributed by atoms with Crippen LogP contribution < -0.4 is 11.3 Å². The molecule has 5 heteroatoms. The van der Waals surface area contributed by atoms with Gasteiger partial charge in [-0.3, -0.25) is 9.59 Å². The number of fused-ring (bicyclic) bond motifs is 1. The zero-order valence-corrected chi connectivity index (χ0v) is 11.7. The van der Waals surface area contributed by atoms with Gasteiger partial charge in [-0.2, -0.15) is 0 Å². The van der Waals surface area contributed by atoms with E-state index < -0.39 is 0 Å². The lowest BCUT2D eigenvalue weighted by Crippen LogP contribution is -2.37. The number of nitrogens with two attached hydrogens (primary N) is 1. The number of carbonyl (C=O) groups is 1. The van der Waals surface area contributed by atoms with Crippen molar-refractivity contribution in [3.8, 4) is 0 Å². The molecule has 1 fully saturated rings. The first kappa shape index (κ1) is 13.4. The summed E-state index contributed by atoms with van der Waals surface area (Å²) >= 11 is 0. The Balaban J connectivity index is 1.90. The normalized spacial score (nSPS) is 21.9. The molecule has 108 valence electrons. The lowest BCUT2D eigenvalue weighted by atomic mass is 9.91. The van der Waals surface area contributed by atoms with Crippen LogP contribution in [0.4, 0.5) is 0 Å². The molecule has 1 unspecified atom stereocenters. The van der Waals surface area contributed by atoms with Crippen LogP contribution in [0, 0.1) is 0 Å². The van der Waals surface area contributed by atoms with Crippen molar-refractivity contribution in [1.29, 1.82) is 0 Å². The maximum Gasteiger partial charge on any atom is 0.251 e. The van der Waals surface area contributed by atoms with Crippen LogP contribution in [0.5, 0.6) is 0 Å². The summed E-state index contributed by atoms with van der Waals surface area (Å²) in [6.07, 6.45) is 4.91. The predicted octanol–water partition coefficient (Wildman–Crippen LogP) is 0.807. The topological polar surface area (TPSA) is 68.3 Å². The van der Waals surface area contributed by atoms with Crippen LogP contribution in [0.1, 0.15) is 43.0 Å². The average Bonchev–Trinajstić information content (AvgIpc) is 2.96. The van der Waals surface area contributed by atoms with Crippen molar-refractivity contribution in [2.75, 3.05) is 13.1 Å². The molecule has 3 rings (SSSR count). The van der Waals surface area contributed by atoms with E-state index in [4.69, 9.17) is 5.73 Å². The molecule has 1 amide bonds. The van der Waals surface area contributed by atoms with Crippen LogP contribution in [0.25, 0.3) is 0 Å². The Hall–Kier alpha value is -1.62. The molecule has 0 spiro atoms. The second-order valence-electron chi connectivity index (χ2n) is 5.75. The molecule has 1 aliphatic heterocycles. The van der Waals surface area contributed by atoms with E-state index in [0.29, 0.717) is 0 Å². The molecule has 1 aromatic rings. The molecule has 1 aliphatic carbocycles. The van der Waals surface area contributed by atoms with E-state index in [1.54, 1.807) is 10.6 Å². The number of carbonyl (C=O) groups excluding carboxylic acids is 1. The van der Waals surface area contributed by atoms with E-state index in [0.717, 1.165) is 56.5 Å². The maximum atomic E-state index is 12.3. The van der Waals surface area contributed by atoms with Gasteiger partial charge in [0.1, 0.15) is 6.54 Å². The van der Waals surface area contributed by atoms with Crippen molar-refractivity contribution in [1.82, 2.24) is 9.47 Å². The smallest absolute Gasteiger partial charge is 0.251 e. The fourth-order valence-electron chi connectivity index (χ4n) is 3.27. The van der Waals surface area contributed by atoms with Crippen molar-refractivity contribution in [2.24, 2.45) is 5.73 Å². The number of pyridine rings is 1. The number of amides is 1. The maximum absolute atomic E-state index is 12.3. The fraction of sp³-hybridized carbons (Fsp3) is 0.600. The molecule has 20 heavy (non-hydrogen) atoms. The van der Waals surface area contributed by atoms with Gasteiger partial charge in [0.15, 0.2) is 0 Å². The minimum absolute atomic E-state index is 0.00695. The van der Waals surface area contributed by atoms with Gasteiger partial charge < -0.3 is 15.2 Å². The average molecular weight is 275 g/mol. The lowest BCUT2D eigenvalue weighted by Gasteiger charge is -2.26. The summed E-state index contributed by atoms with van der Waals surface area (Å²) in [7, 11) is 0. The summed E-state index contributed by atoms with van der Waals surface area (Å²) in [5.74, 6) is 0.0529. The van der Waals surface area contributed by atoms with Gasteiger partial charge in [-0.1, -0.05) is 6.07 Å². The predicted molar refractivity (Wildman–Crippen MR) is 76.4 cm³/mol. The molecule has 0 bridgehead atoms. The molecule has 0 aromatic carbocycles. The van der Waals surface area contributed by atoms with Crippen LogP contribution in [-0.2, 0) is 17.8 Å². The van der Waals surface area contributed by atoms with E-state index in [2.05, 4.69) is 0 Å². The fourth-order valence-corrected chi connectivity index (χ4v) is 3.27. The van der Waals surface area contributed by atoms with Crippen LogP contribution in [-0.4, -0.2) is 28.5 Å². The highest BCUT2D eigenvalue weighted by Gasteiger charge is 2.23. The molecule has 0 radical (unpaired) electrons. The summed E-state index contributed by atoms with van der Waals surface area (Å²) in [5.41, 5.74) is 8.01. The van der Waals surface area contributed by atoms with Gasteiger partial charge in [-0.05, 0) is 37.7 Å². The molecule has 2 aliphatic rings. The first-order valence-corrected chi connectivity index (χ1v) is 7.43. The van der Waals surface area contributed by atoms with E-state index >= 15 is 0 Å². The third-order valence-corrected chi connectivity index (χ3v) is 4.41. The number of hydrogen-bond donors (Lipinski definition) is 1. The summed E-state index contributed by atoms with van der Waals surface area (Å²) in [6, 6.07) is 3.37. The third-order valence-electron chi connectivity index (χ3n) is 4.41. The molecule has 5 nitrogen and oxygen atoms in total. The molecular weight excluding hydrogens is 254 g/mol. The molecule has 2 N–H and O–H groups in total. The van der Waals surface area contributed by atoms with Crippen molar-refractivity contribution < 1.29 is 4.79 Å². The largest absolute Gasteiger partial charge is 0.341 e. The first-order chi connectivity index (χ1) is 9.66. The summed E-state index contributed by atoms with van der Waals surface area (Å²) in [4.78, 5) is 26.2. The van der Waals surface area contributed by atoms with Gasteiger partial charge in [-0.25, -0.2) is 0 Å². The number of hydrogen-bond acceptors (Lipinski definition) is 3. The molecule has 0 saturated carbocycles. The van der Waals surface area contributed by atoms with Gasteiger partial charge in [0.25, 0.3) is 5.56 Å². The SMILES string of the molecule is NC1CCCc2c1ccc(=O)n2CC(=O)N1CCCC1. The Kier molecular flexibility index (Phi) is 3.61. The Labute approximate surface area is 118 Å². The van der Waals surface area contributed by atoms with Crippen LogP contribution in [0.3, 0.4) is 0 Å². The highest BCUT2D eigenvalue weighted by atomic mass is 16.2. The standard InChI is InChI=1S/C15H21N3O2/c16-12-4-3-5-13-11(12)6-7-14(19)18(13)10-15(20)17-8-1-2-9-17/h6-7,12H,1-5,8-10,16H2. The van der Waals surface area contributed by atoms with Crippen molar-refractivity contribution in [3.63, 3.8) is 0 Å². The zero-order valence-electron chi connectivity index (χ0n) is 11.7. The first-order valence-electron chi connectivity index (χ1n) is 7.43. The van der Waals surface area contributed by atoms with E-state index in [9.17, 15) is 9.59 Å². The number of rotatable bonds is 2. The number of aromatic nitrogens is 1. The monoisotopic (exact) mass is 275 g/mol. The zero-order chi connectivity index (χ0) is 14.1. The van der Waals surface area contributed by atoms with Crippen LogP contribution >= 0.6 is 0 Å². The third kappa shape index (κ3) is 2.38. The Morgan fingerprint density at radius 2 is 2.00 bits per heavy atom. The second kappa shape index (κ2) is 5.40. The molecule has 1 saturated heterocycles. The minimum atomic E-state index is -0.0922. The minimum Gasteiger partial charge on any atom is -0.341 e. The second-order valence-corrected chi connectivity index (χ2v) is 5.75. The number of likely N-dealkylation sites (tertiary alicyclic amines) is 1. The highest BCUT2D eigenvalue weighted by molar-refractivity contribution is 5.76. The van der Waals surface area contributed by atoms with Crippen LogP contribution in [0.2, 0.25) is 0 Å². The molecule has 2 heterocycles. The summed E-state index contributed by atoms with van der Waals surface area (Å²) in [5, 5.41) is 0. The van der Waals surface area contributed by atoms with E-state index in [-0.39, 0.29) is 24.1 Å². The van der Waals surface area contributed by atoms with Gasteiger partial charge in [0.05, 0.1) is 0 Å². The number of nitrogens with zero attached hydrogens (tertiary/aromatic N) is 2. The van der Waals surface area contributed by atoms with Gasteiger partial charge in [0.2, 0.25) is 5.91 Å². The summed E-state index contributed by atoms with van der Waals surface area (Å²) < 4.78 is 1.63. The molecule has 1 aromatic heterocycles. The van der Waals surface area contributed by atoms with Gasteiger partial charge >= 0.3 is 0 Å². The van der Waals surface area contributed by atoms with E-state index in [1.165, 1.54) is 0 Å². The van der Waals surface area contributed by atoms with Crippen molar-refractivity contribution >= 4 is 5.91 Å². The Bertz CT molecular complexity index is 573. The Morgan fingerprint density at radius 3 is 2.75 bits per heavy atom.